The molecular formula is C14H26N2O4. The van der Waals surface area contributed by atoms with Crippen LogP contribution in [0.1, 0.15) is 33.6 Å². The Morgan fingerprint density at radius 2 is 2.10 bits per heavy atom. The highest BCUT2D eigenvalue weighted by atomic mass is 16.6. The van der Waals surface area contributed by atoms with Gasteiger partial charge in [0, 0.05) is 19.1 Å². The van der Waals surface area contributed by atoms with Gasteiger partial charge in [-0.1, -0.05) is 13.8 Å². The molecule has 2 N–H and O–H groups in total. The molecule has 0 aromatic rings. The summed E-state index contributed by atoms with van der Waals surface area (Å²) in [7, 11) is 0. The number of hydrogen-bond acceptors (Lipinski definition) is 4. The first-order valence-electron chi connectivity index (χ1n) is 7.31. The maximum Gasteiger partial charge on any atom is 0.409 e. The van der Waals surface area contributed by atoms with Gasteiger partial charge in [0.1, 0.15) is 0 Å². The van der Waals surface area contributed by atoms with Crippen molar-refractivity contribution in [2.24, 2.45) is 11.8 Å². The maximum absolute atomic E-state index is 11.8. The number of amides is 1. The zero-order chi connectivity index (χ0) is 15.1. The molecule has 20 heavy (non-hydrogen) atoms. The summed E-state index contributed by atoms with van der Waals surface area (Å²) in [6, 6.07) is 0.0213. The van der Waals surface area contributed by atoms with E-state index in [4.69, 9.17) is 4.74 Å². The highest BCUT2D eigenvalue weighted by Gasteiger charge is 2.34. The average Bonchev–Trinajstić information content (AvgIpc) is 2.38. The summed E-state index contributed by atoms with van der Waals surface area (Å²) >= 11 is 0. The van der Waals surface area contributed by atoms with Gasteiger partial charge in [0.25, 0.3) is 0 Å². The largest absolute Gasteiger partial charge is 0.481 e. The van der Waals surface area contributed by atoms with E-state index in [9.17, 15) is 14.7 Å². The molecule has 0 bridgehead atoms. The van der Waals surface area contributed by atoms with Crippen LogP contribution in [0.2, 0.25) is 0 Å². The Balaban J connectivity index is 2.56. The lowest BCUT2D eigenvalue weighted by atomic mass is 9.94. The Morgan fingerprint density at radius 1 is 1.40 bits per heavy atom. The van der Waals surface area contributed by atoms with Crippen molar-refractivity contribution in [2.45, 2.75) is 39.7 Å². The SMILES string of the molecule is CCOC(=O)N1CC(NCCC(C)C)CC(C(=O)O)C1. The van der Waals surface area contributed by atoms with Crippen molar-refractivity contribution < 1.29 is 19.4 Å². The molecule has 1 aliphatic rings. The summed E-state index contributed by atoms with van der Waals surface area (Å²) in [6.07, 6.45) is 1.17. The number of carbonyl (C=O) groups excluding carboxylic acids is 1. The molecule has 0 spiro atoms. The van der Waals surface area contributed by atoms with E-state index in [0.29, 0.717) is 25.5 Å². The maximum atomic E-state index is 11.8. The van der Waals surface area contributed by atoms with Crippen molar-refractivity contribution >= 4 is 12.1 Å². The van der Waals surface area contributed by atoms with Crippen LogP contribution >= 0.6 is 0 Å². The normalized spacial score (nSPS) is 22.9. The second-order valence-electron chi connectivity index (χ2n) is 5.71. The van der Waals surface area contributed by atoms with E-state index in [-0.39, 0.29) is 12.6 Å². The van der Waals surface area contributed by atoms with Gasteiger partial charge in [-0.15, -0.1) is 0 Å². The topological polar surface area (TPSA) is 78.9 Å². The third-order valence-electron chi connectivity index (χ3n) is 3.48. The van der Waals surface area contributed by atoms with Crippen molar-refractivity contribution in [3.05, 3.63) is 0 Å². The van der Waals surface area contributed by atoms with Gasteiger partial charge in [-0.2, -0.15) is 0 Å². The quantitative estimate of drug-likeness (QED) is 0.774. The van der Waals surface area contributed by atoms with Gasteiger partial charge in [0.15, 0.2) is 0 Å². The summed E-state index contributed by atoms with van der Waals surface area (Å²) in [6.45, 7) is 7.93. The molecule has 0 aromatic heterocycles. The summed E-state index contributed by atoms with van der Waals surface area (Å²) < 4.78 is 4.97. The Morgan fingerprint density at radius 3 is 2.65 bits per heavy atom. The van der Waals surface area contributed by atoms with Crippen LogP contribution < -0.4 is 5.32 Å². The van der Waals surface area contributed by atoms with Crippen LogP contribution in [-0.2, 0) is 9.53 Å². The first kappa shape index (κ1) is 16.8. The molecule has 0 aliphatic carbocycles. The van der Waals surface area contributed by atoms with Gasteiger partial charge in [-0.3, -0.25) is 4.79 Å². The Hall–Kier alpha value is -1.30. The number of carboxylic acids is 1. The van der Waals surface area contributed by atoms with Crippen LogP contribution in [0, 0.1) is 11.8 Å². The minimum absolute atomic E-state index is 0.0213. The fourth-order valence-electron chi connectivity index (χ4n) is 2.37. The van der Waals surface area contributed by atoms with Crippen LogP contribution in [0.25, 0.3) is 0 Å². The van der Waals surface area contributed by atoms with E-state index >= 15 is 0 Å². The molecule has 0 saturated carbocycles. The van der Waals surface area contributed by atoms with Crippen LogP contribution in [0.15, 0.2) is 0 Å². The predicted octanol–water partition coefficient (Wildman–Crippen LogP) is 1.55. The lowest BCUT2D eigenvalue weighted by Crippen LogP contribution is -2.53. The molecule has 1 saturated heterocycles. The Bertz CT molecular complexity index is 333. The molecule has 2 unspecified atom stereocenters. The first-order chi connectivity index (χ1) is 9.43. The van der Waals surface area contributed by atoms with E-state index < -0.39 is 18.0 Å². The minimum atomic E-state index is -0.852. The molecular weight excluding hydrogens is 260 g/mol. The number of rotatable bonds is 6. The summed E-state index contributed by atoms with van der Waals surface area (Å²) in [5.74, 6) is -0.776. The van der Waals surface area contributed by atoms with Crippen molar-refractivity contribution in [3.63, 3.8) is 0 Å². The summed E-state index contributed by atoms with van der Waals surface area (Å²) in [5, 5.41) is 12.5. The van der Waals surface area contributed by atoms with Crippen LogP contribution in [0.5, 0.6) is 0 Å². The van der Waals surface area contributed by atoms with E-state index in [1.54, 1.807) is 6.92 Å². The van der Waals surface area contributed by atoms with Crippen molar-refractivity contribution in [1.82, 2.24) is 10.2 Å². The number of carboxylic acid groups (broad SMARTS) is 1. The predicted molar refractivity (Wildman–Crippen MR) is 75.6 cm³/mol. The Labute approximate surface area is 120 Å². The van der Waals surface area contributed by atoms with Crippen LogP contribution in [0.4, 0.5) is 4.79 Å². The lowest BCUT2D eigenvalue weighted by Gasteiger charge is -2.36. The fourth-order valence-corrected chi connectivity index (χ4v) is 2.37. The van der Waals surface area contributed by atoms with Crippen LogP contribution in [-0.4, -0.2) is 54.4 Å². The monoisotopic (exact) mass is 286 g/mol. The molecule has 6 heteroatoms. The third kappa shape index (κ3) is 5.36. The lowest BCUT2D eigenvalue weighted by molar-refractivity contribution is -0.143. The number of aliphatic carboxylic acids is 1. The van der Waals surface area contributed by atoms with E-state index in [2.05, 4.69) is 19.2 Å². The summed E-state index contributed by atoms with van der Waals surface area (Å²) in [4.78, 5) is 24.5. The zero-order valence-corrected chi connectivity index (χ0v) is 12.6. The molecule has 116 valence electrons. The summed E-state index contributed by atoms with van der Waals surface area (Å²) in [5.41, 5.74) is 0. The second-order valence-corrected chi connectivity index (χ2v) is 5.71. The number of carbonyl (C=O) groups is 2. The van der Waals surface area contributed by atoms with E-state index in [1.807, 2.05) is 0 Å². The van der Waals surface area contributed by atoms with Gasteiger partial charge in [0.05, 0.1) is 12.5 Å². The number of hydrogen-bond donors (Lipinski definition) is 2. The molecule has 1 amide bonds. The fraction of sp³-hybridized carbons (Fsp3) is 0.857. The zero-order valence-electron chi connectivity index (χ0n) is 12.6. The van der Waals surface area contributed by atoms with Crippen LogP contribution in [0.3, 0.4) is 0 Å². The van der Waals surface area contributed by atoms with E-state index in [0.717, 1.165) is 13.0 Å². The van der Waals surface area contributed by atoms with Gasteiger partial charge < -0.3 is 20.1 Å². The van der Waals surface area contributed by atoms with Crippen molar-refractivity contribution in [1.29, 1.82) is 0 Å². The van der Waals surface area contributed by atoms with Gasteiger partial charge in [-0.25, -0.2) is 4.79 Å². The smallest absolute Gasteiger partial charge is 0.409 e. The van der Waals surface area contributed by atoms with E-state index in [1.165, 1.54) is 4.90 Å². The Kier molecular flexibility index (Phi) is 6.78. The number of nitrogens with zero attached hydrogens (tertiary/aromatic N) is 1. The highest BCUT2D eigenvalue weighted by molar-refractivity contribution is 5.73. The third-order valence-corrected chi connectivity index (χ3v) is 3.48. The molecule has 1 rings (SSSR count). The molecule has 6 nitrogen and oxygen atoms in total. The molecule has 0 aromatic carbocycles. The molecule has 1 heterocycles. The minimum Gasteiger partial charge on any atom is -0.481 e. The molecule has 2 atom stereocenters. The highest BCUT2D eigenvalue weighted by Crippen LogP contribution is 2.18. The molecule has 1 fully saturated rings. The number of nitrogens with one attached hydrogen (secondary N) is 1. The van der Waals surface area contributed by atoms with Gasteiger partial charge in [0.2, 0.25) is 0 Å². The van der Waals surface area contributed by atoms with Gasteiger partial charge in [-0.05, 0) is 32.2 Å². The molecule has 1 aliphatic heterocycles. The van der Waals surface area contributed by atoms with Crippen molar-refractivity contribution in [2.75, 3.05) is 26.2 Å². The number of ether oxygens (including phenoxy) is 1. The standard InChI is InChI=1S/C14H26N2O4/c1-4-20-14(19)16-8-11(13(17)18)7-12(9-16)15-6-5-10(2)3/h10-12,15H,4-9H2,1-3H3,(H,17,18). The number of piperidine rings is 1. The van der Waals surface area contributed by atoms with Gasteiger partial charge >= 0.3 is 12.1 Å². The molecule has 0 radical (unpaired) electrons. The average molecular weight is 286 g/mol. The first-order valence-corrected chi connectivity index (χ1v) is 7.31. The van der Waals surface area contributed by atoms with Crippen molar-refractivity contribution in [3.8, 4) is 0 Å². The second kappa shape index (κ2) is 8.09. The number of likely N-dealkylation sites (tertiary alicyclic amines) is 1.